The lowest BCUT2D eigenvalue weighted by Gasteiger charge is -2.26. The summed E-state index contributed by atoms with van der Waals surface area (Å²) in [4.78, 5) is 12.7. The molecule has 0 atom stereocenters. The average Bonchev–Trinajstić information content (AvgIpc) is 2.59. The summed E-state index contributed by atoms with van der Waals surface area (Å²) in [5, 5.41) is 2.76. The molecule has 7 heteroatoms. The van der Waals surface area contributed by atoms with Crippen molar-refractivity contribution in [1.29, 1.82) is 0 Å². The highest BCUT2D eigenvalue weighted by Crippen LogP contribution is 2.29. The van der Waals surface area contributed by atoms with Gasteiger partial charge < -0.3 is 10.1 Å². The van der Waals surface area contributed by atoms with E-state index < -0.39 is 15.9 Å². The van der Waals surface area contributed by atoms with Gasteiger partial charge in [-0.05, 0) is 49.1 Å². The molecule has 0 saturated carbocycles. The Labute approximate surface area is 161 Å². The molecule has 0 unspecified atom stereocenters. The van der Waals surface area contributed by atoms with Gasteiger partial charge in [0.25, 0.3) is 0 Å². The Balaban J connectivity index is 2.36. The Hall–Kier alpha value is -2.54. The lowest BCUT2D eigenvalue weighted by Crippen LogP contribution is -2.38. The van der Waals surface area contributed by atoms with Gasteiger partial charge in [0.15, 0.2) is 0 Å². The van der Waals surface area contributed by atoms with Crippen LogP contribution in [0.3, 0.4) is 0 Å². The standard InChI is InChI=1S/C20H26N2O4S/c1-6-16-9-7-8-15(3)20(16)22(27(5,24)25)13-19(23)21-17-12-14(2)10-11-18(17)26-4/h7-12H,6,13H2,1-5H3,(H,21,23). The SMILES string of the molecule is CCc1cccc(C)c1N(CC(=O)Nc1cc(C)ccc1OC)S(C)(=O)=O. The van der Waals surface area contributed by atoms with E-state index in [4.69, 9.17) is 4.74 Å². The maximum atomic E-state index is 12.7. The zero-order chi connectivity index (χ0) is 20.2. The molecule has 6 nitrogen and oxygen atoms in total. The van der Waals surface area contributed by atoms with Crippen LogP contribution in [-0.2, 0) is 21.2 Å². The zero-order valence-electron chi connectivity index (χ0n) is 16.4. The topological polar surface area (TPSA) is 75.7 Å². The number of rotatable bonds is 7. The molecular weight excluding hydrogens is 364 g/mol. The van der Waals surface area contributed by atoms with Gasteiger partial charge in [-0.3, -0.25) is 9.10 Å². The number of benzene rings is 2. The van der Waals surface area contributed by atoms with Gasteiger partial charge >= 0.3 is 0 Å². The first-order valence-corrected chi connectivity index (χ1v) is 10.5. The van der Waals surface area contributed by atoms with Gasteiger partial charge in [-0.15, -0.1) is 0 Å². The number of carbonyl (C=O) groups is 1. The van der Waals surface area contributed by atoms with Crippen LogP contribution in [0.4, 0.5) is 11.4 Å². The average molecular weight is 391 g/mol. The molecule has 1 amide bonds. The summed E-state index contributed by atoms with van der Waals surface area (Å²) in [6, 6.07) is 11.0. The Morgan fingerprint density at radius 1 is 1.19 bits per heavy atom. The van der Waals surface area contributed by atoms with Gasteiger partial charge in [0, 0.05) is 0 Å². The Morgan fingerprint density at radius 3 is 2.48 bits per heavy atom. The number of carbonyl (C=O) groups excluding carboxylic acids is 1. The second-order valence-electron chi connectivity index (χ2n) is 6.46. The molecule has 0 radical (unpaired) electrons. The number of nitrogens with zero attached hydrogens (tertiary/aromatic N) is 1. The number of anilines is 2. The second kappa shape index (κ2) is 8.43. The monoisotopic (exact) mass is 390 g/mol. The van der Waals surface area contributed by atoms with E-state index in [0.717, 1.165) is 22.9 Å². The van der Waals surface area contributed by atoms with Crippen LogP contribution in [0.5, 0.6) is 5.75 Å². The molecule has 146 valence electrons. The third-order valence-corrected chi connectivity index (χ3v) is 5.38. The molecule has 0 aliphatic carbocycles. The van der Waals surface area contributed by atoms with E-state index in [0.29, 0.717) is 23.5 Å². The summed E-state index contributed by atoms with van der Waals surface area (Å²) >= 11 is 0. The smallest absolute Gasteiger partial charge is 0.245 e. The third-order valence-electron chi connectivity index (χ3n) is 4.27. The quantitative estimate of drug-likeness (QED) is 0.787. The fourth-order valence-electron chi connectivity index (χ4n) is 2.96. The van der Waals surface area contributed by atoms with Crippen LogP contribution in [0.2, 0.25) is 0 Å². The summed E-state index contributed by atoms with van der Waals surface area (Å²) in [6.45, 7) is 5.39. The van der Waals surface area contributed by atoms with Crippen LogP contribution >= 0.6 is 0 Å². The normalized spacial score (nSPS) is 11.1. The summed E-state index contributed by atoms with van der Waals surface area (Å²) < 4.78 is 31.3. The predicted octanol–water partition coefficient (Wildman–Crippen LogP) is 3.28. The van der Waals surface area contributed by atoms with E-state index in [2.05, 4.69) is 5.32 Å². The highest BCUT2D eigenvalue weighted by Gasteiger charge is 2.24. The number of ether oxygens (including phenoxy) is 1. The summed E-state index contributed by atoms with van der Waals surface area (Å²) in [5.74, 6) is 0.0830. The van der Waals surface area contributed by atoms with E-state index in [-0.39, 0.29) is 6.54 Å². The largest absolute Gasteiger partial charge is 0.495 e. The molecule has 0 aliphatic rings. The number of sulfonamides is 1. The van der Waals surface area contributed by atoms with Crippen molar-refractivity contribution in [2.45, 2.75) is 27.2 Å². The molecule has 0 spiro atoms. The molecular formula is C20H26N2O4S. The van der Waals surface area contributed by atoms with Gasteiger partial charge in [0.05, 0.1) is 24.7 Å². The number of nitrogens with one attached hydrogen (secondary N) is 1. The number of amides is 1. The predicted molar refractivity (Wildman–Crippen MR) is 109 cm³/mol. The van der Waals surface area contributed by atoms with Crippen LogP contribution in [0.1, 0.15) is 23.6 Å². The van der Waals surface area contributed by atoms with Crippen molar-refractivity contribution in [3.63, 3.8) is 0 Å². The first-order valence-electron chi connectivity index (χ1n) is 8.68. The minimum Gasteiger partial charge on any atom is -0.495 e. The van der Waals surface area contributed by atoms with Crippen LogP contribution in [0, 0.1) is 13.8 Å². The van der Waals surface area contributed by atoms with Gasteiger partial charge in [0.1, 0.15) is 12.3 Å². The lowest BCUT2D eigenvalue weighted by atomic mass is 10.1. The lowest BCUT2D eigenvalue weighted by molar-refractivity contribution is -0.114. The molecule has 27 heavy (non-hydrogen) atoms. The van der Waals surface area contributed by atoms with E-state index in [1.807, 2.05) is 45.0 Å². The second-order valence-corrected chi connectivity index (χ2v) is 8.36. The van der Waals surface area contributed by atoms with E-state index in [1.54, 1.807) is 12.1 Å². The zero-order valence-corrected chi connectivity index (χ0v) is 17.2. The first kappa shape index (κ1) is 20.8. The molecule has 1 N–H and O–H groups in total. The third kappa shape index (κ3) is 5.01. The van der Waals surface area contributed by atoms with Crippen molar-refractivity contribution in [3.05, 3.63) is 53.1 Å². The molecule has 0 saturated heterocycles. The Bertz CT molecular complexity index is 939. The van der Waals surface area contributed by atoms with E-state index in [9.17, 15) is 13.2 Å². The number of hydrogen-bond donors (Lipinski definition) is 1. The van der Waals surface area contributed by atoms with Crippen LogP contribution in [-0.4, -0.2) is 34.2 Å². The van der Waals surface area contributed by atoms with Crippen molar-refractivity contribution in [1.82, 2.24) is 0 Å². The number of aryl methyl sites for hydroxylation is 3. The van der Waals surface area contributed by atoms with Gasteiger partial charge in [0.2, 0.25) is 15.9 Å². The van der Waals surface area contributed by atoms with Crippen LogP contribution in [0.15, 0.2) is 36.4 Å². The van der Waals surface area contributed by atoms with Crippen LogP contribution < -0.4 is 14.4 Å². The van der Waals surface area contributed by atoms with Gasteiger partial charge in [-0.1, -0.05) is 31.2 Å². The molecule has 0 aromatic heterocycles. The molecule has 0 fully saturated rings. The van der Waals surface area contributed by atoms with Crippen molar-refractivity contribution in [2.75, 3.05) is 29.5 Å². The molecule has 2 aromatic carbocycles. The maximum Gasteiger partial charge on any atom is 0.245 e. The highest BCUT2D eigenvalue weighted by atomic mass is 32.2. The molecule has 2 aromatic rings. The van der Waals surface area contributed by atoms with Crippen LogP contribution in [0.25, 0.3) is 0 Å². The minimum atomic E-state index is -3.64. The van der Waals surface area contributed by atoms with Crippen molar-refractivity contribution in [3.8, 4) is 5.75 Å². The van der Waals surface area contributed by atoms with Crippen molar-refractivity contribution >= 4 is 27.3 Å². The molecule has 2 rings (SSSR count). The summed E-state index contributed by atoms with van der Waals surface area (Å²) in [5.41, 5.74) is 3.71. The Morgan fingerprint density at radius 2 is 1.89 bits per heavy atom. The summed E-state index contributed by atoms with van der Waals surface area (Å²) in [6.07, 6.45) is 1.77. The highest BCUT2D eigenvalue weighted by molar-refractivity contribution is 7.92. The van der Waals surface area contributed by atoms with Gasteiger partial charge in [-0.2, -0.15) is 0 Å². The fraction of sp³-hybridized carbons (Fsp3) is 0.350. The Kier molecular flexibility index (Phi) is 6.49. The molecule has 0 heterocycles. The molecule has 0 aliphatic heterocycles. The van der Waals surface area contributed by atoms with Gasteiger partial charge in [-0.25, -0.2) is 8.42 Å². The first-order chi connectivity index (χ1) is 12.7. The number of para-hydroxylation sites is 1. The minimum absolute atomic E-state index is 0.312. The summed E-state index contributed by atoms with van der Waals surface area (Å²) in [7, 11) is -2.13. The number of methoxy groups -OCH3 is 1. The van der Waals surface area contributed by atoms with E-state index in [1.165, 1.54) is 11.4 Å². The van der Waals surface area contributed by atoms with Crippen molar-refractivity contribution in [2.24, 2.45) is 0 Å². The maximum absolute atomic E-state index is 12.7. The molecule has 0 bridgehead atoms. The van der Waals surface area contributed by atoms with Crippen molar-refractivity contribution < 1.29 is 17.9 Å². The fourth-order valence-corrected chi connectivity index (χ4v) is 3.91. The van der Waals surface area contributed by atoms with E-state index >= 15 is 0 Å². The number of hydrogen-bond acceptors (Lipinski definition) is 4.